The maximum atomic E-state index is 13.9. The van der Waals surface area contributed by atoms with Crippen molar-refractivity contribution >= 4 is 17.2 Å². The van der Waals surface area contributed by atoms with E-state index in [4.69, 9.17) is 19.3 Å². The Bertz CT molecular complexity index is 1310. The largest absolute Gasteiger partial charge is 0.494 e. The number of H-pyrrole nitrogens is 1. The summed E-state index contributed by atoms with van der Waals surface area (Å²) in [5, 5.41) is 26.0. The Kier molecular flexibility index (Phi) is 5.83. The van der Waals surface area contributed by atoms with Crippen LogP contribution in [0.25, 0.3) is 16.9 Å². The quantitative estimate of drug-likeness (QED) is 0.386. The molecule has 0 radical (unpaired) electrons. The minimum atomic E-state index is -0.480. The first kappa shape index (κ1) is 21.0. The molecule has 0 amide bonds. The fourth-order valence-electron chi connectivity index (χ4n) is 3.30. The summed E-state index contributed by atoms with van der Waals surface area (Å²) in [7, 11) is 2.91. The highest BCUT2D eigenvalue weighted by atomic mass is 19.1. The molecule has 0 unspecified atom stereocenters. The van der Waals surface area contributed by atoms with Crippen molar-refractivity contribution in [3.8, 4) is 34.6 Å². The van der Waals surface area contributed by atoms with Gasteiger partial charge in [0.25, 0.3) is 0 Å². The number of imidazole rings is 1. The second kappa shape index (κ2) is 8.87. The average molecular weight is 437 g/mol. The van der Waals surface area contributed by atoms with E-state index < -0.39 is 5.82 Å². The van der Waals surface area contributed by atoms with Gasteiger partial charge in [0.2, 0.25) is 0 Å². The van der Waals surface area contributed by atoms with Gasteiger partial charge in [-0.25, -0.2) is 4.39 Å². The molecular weight excluding hydrogens is 417 g/mol. The van der Waals surface area contributed by atoms with Crippen molar-refractivity contribution < 1.29 is 23.7 Å². The standard InChI is InChI=1S/C22H20FN5O4/c1-30-18-10-15(4-5-16(18)23)26-22-20(27-21-14(11-24)12-25-28(21)22)13-3-6-17(32-8-7-29)19(9-13)31-2/h3-6,9-10,12,26-27,29H,7-8H2,1-2H3. The monoisotopic (exact) mass is 437 g/mol. The van der Waals surface area contributed by atoms with Gasteiger partial charge in [-0.3, -0.25) is 0 Å². The molecule has 4 rings (SSSR count). The molecule has 3 N–H and O–H groups in total. The number of anilines is 2. The van der Waals surface area contributed by atoms with Crippen molar-refractivity contribution in [1.29, 1.82) is 5.26 Å². The summed E-state index contributed by atoms with van der Waals surface area (Å²) in [4.78, 5) is 3.23. The van der Waals surface area contributed by atoms with Crippen LogP contribution in [0.5, 0.6) is 17.2 Å². The number of fused-ring (bicyclic) bond motifs is 1. The predicted octanol–water partition coefficient (Wildman–Crippen LogP) is 3.47. The van der Waals surface area contributed by atoms with Crippen LogP contribution in [0.3, 0.4) is 0 Å². The van der Waals surface area contributed by atoms with Gasteiger partial charge < -0.3 is 29.6 Å². The number of hydrogen-bond acceptors (Lipinski definition) is 7. The number of aromatic amines is 1. The van der Waals surface area contributed by atoms with Crippen molar-refractivity contribution in [2.75, 3.05) is 32.8 Å². The second-order valence-electron chi connectivity index (χ2n) is 6.69. The lowest BCUT2D eigenvalue weighted by atomic mass is 10.1. The van der Waals surface area contributed by atoms with Crippen LogP contribution in [-0.4, -0.2) is 47.1 Å². The molecule has 10 heteroatoms. The normalized spacial score (nSPS) is 10.7. The number of nitrogens with one attached hydrogen (secondary N) is 2. The van der Waals surface area contributed by atoms with Gasteiger partial charge >= 0.3 is 0 Å². The zero-order valence-corrected chi connectivity index (χ0v) is 17.3. The molecular formula is C22H20FN5O4. The lowest BCUT2D eigenvalue weighted by Gasteiger charge is -2.13. The molecule has 0 aliphatic heterocycles. The van der Waals surface area contributed by atoms with Gasteiger partial charge in [0.05, 0.1) is 32.7 Å². The molecule has 2 aromatic carbocycles. The van der Waals surface area contributed by atoms with Crippen LogP contribution in [0, 0.1) is 17.1 Å². The number of rotatable bonds is 8. The molecule has 2 aromatic heterocycles. The first-order chi connectivity index (χ1) is 15.6. The fraction of sp³-hybridized carbons (Fsp3) is 0.182. The van der Waals surface area contributed by atoms with E-state index in [1.807, 2.05) is 6.07 Å². The number of hydrogen-bond donors (Lipinski definition) is 3. The number of benzene rings is 2. The number of methoxy groups -OCH3 is 2. The summed E-state index contributed by atoms with van der Waals surface area (Å²) in [5.74, 6) is 1.09. The molecule has 4 aromatic rings. The fourth-order valence-corrected chi connectivity index (χ4v) is 3.30. The van der Waals surface area contributed by atoms with Crippen LogP contribution < -0.4 is 19.5 Å². The summed E-state index contributed by atoms with van der Waals surface area (Å²) in [5.41, 5.74) is 2.78. The molecule has 0 bridgehead atoms. The lowest BCUT2D eigenvalue weighted by Crippen LogP contribution is -2.03. The van der Waals surface area contributed by atoms with Crippen LogP contribution >= 0.6 is 0 Å². The maximum absolute atomic E-state index is 13.9. The van der Waals surface area contributed by atoms with E-state index in [9.17, 15) is 9.65 Å². The summed E-state index contributed by atoms with van der Waals surface area (Å²) in [6, 6.07) is 11.8. The molecule has 0 saturated heterocycles. The molecule has 0 spiro atoms. The number of aliphatic hydroxyl groups is 1. The van der Waals surface area contributed by atoms with Gasteiger partial charge in [-0.15, -0.1) is 0 Å². The van der Waals surface area contributed by atoms with Crippen molar-refractivity contribution in [2.24, 2.45) is 0 Å². The number of nitrogens with zero attached hydrogens (tertiary/aromatic N) is 3. The van der Waals surface area contributed by atoms with Crippen LogP contribution in [0.4, 0.5) is 15.9 Å². The van der Waals surface area contributed by atoms with Crippen molar-refractivity contribution in [3.05, 3.63) is 54.0 Å². The smallest absolute Gasteiger partial charge is 0.165 e. The van der Waals surface area contributed by atoms with Crippen LogP contribution in [0.15, 0.2) is 42.6 Å². The number of halogens is 1. The Balaban J connectivity index is 1.83. The van der Waals surface area contributed by atoms with E-state index in [1.54, 1.807) is 22.7 Å². The second-order valence-corrected chi connectivity index (χ2v) is 6.69. The first-order valence-electron chi connectivity index (χ1n) is 9.62. The third kappa shape index (κ3) is 3.77. The SMILES string of the molecule is COc1cc(Nc2c(-c3ccc(OCCO)c(OC)c3)[nH]c3c(C#N)cnn23)ccc1F. The van der Waals surface area contributed by atoms with Gasteiger partial charge in [0.15, 0.2) is 34.5 Å². The molecule has 32 heavy (non-hydrogen) atoms. The Morgan fingerprint density at radius 2 is 1.97 bits per heavy atom. The van der Waals surface area contributed by atoms with Gasteiger partial charge in [-0.2, -0.15) is 14.9 Å². The van der Waals surface area contributed by atoms with Crippen molar-refractivity contribution in [1.82, 2.24) is 14.6 Å². The average Bonchev–Trinajstić information content (AvgIpc) is 3.38. The Morgan fingerprint density at radius 1 is 1.16 bits per heavy atom. The summed E-state index contributed by atoms with van der Waals surface area (Å²) in [6.45, 7) is 0.0155. The van der Waals surface area contributed by atoms with Gasteiger partial charge in [0.1, 0.15) is 18.2 Å². The number of aliphatic hydroxyl groups excluding tert-OH is 1. The molecule has 0 aliphatic carbocycles. The van der Waals surface area contributed by atoms with Crippen molar-refractivity contribution in [3.63, 3.8) is 0 Å². The topological polar surface area (TPSA) is 117 Å². The zero-order valence-electron chi connectivity index (χ0n) is 17.3. The molecule has 9 nitrogen and oxygen atoms in total. The van der Waals surface area contributed by atoms with E-state index in [1.165, 1.54) is 32.5 Å². The number of aromatic nitrogens is 3. The number of ether oxygens (including phenoxy) is 3. The third-order valence-electron chi connectivity index (χ3n) is 4.80. The van der Waals surface area contributed by atoms with Crippen LogP contribution in [-0.2, 0) is 0 Å². The van der Waals surface area contributed by atoms with E-state index in [0.717, 1.165) is 5.56 Å². The van der Waals surface area contributed by atoms with Gasteiger partial charge in [-0.05, 0) is 30.3 Å². The summed E-state index contributed by atoms with van der Waals surface area (Å²) >= 11 is 0. The zero-order chi connectivity index (χ0) is 22.7. The van der Waals surface area contributed by atoms with Crippen LogP contribution in [0.2, 0.25) is 0 Å². The Hall–Kier alpha value is -4.23. The lowest BCUT2D eigenvalue weighted by molar-refractivity contribution is 0.196. The van der Waals surface area contributed by atoms with Gasteiger partial charge in [-0.1, -0.05) is 0 Å². The minimum absolute atomic E-state index is 0.0913. The Morgan fingerprint density at radius 3 is 2.69 bits per heavy atom. The van der Waals surface area contributed by atoms with E-state index in [0.29, 0.717) is 39.9 Å². The highest BCUT2D eigenvalue weighted by Gasteiger charge is 2.19. The summed E-state index contributed by atoms with van der Waals surface area (Å²) in [6.07, 6.45) is 1.46. The van der Waals surface area contributed by atoms with Gasteiger partial charge in [0, 0.05) is 17.3 Å². The third-order valence-corrected chi connectivity index (χ3v) is 4.80. The Labute approximate surface area is 182 Å². The van der Waals surface area contributed by atoms with E-state index >= 15 is 0 Å². The van der Waals surface area contributed by atoms with Crippen LogP contribution in [0.1, 0.15) is 5.56 Å². The maximum Gasteiger partial charge on any atom is 0.165 e. The molecule has 0 atom stereocenters. The highest BCUT2D eigenvalue weighted by molar-refractivity contribution is 5.82. The van der Waals surface area contributed by atoms with E-state index in [-0.39, 0.29) is 19.0 Å². The van der Waals surface area contributed by atoms with E-state index in [2.05, 4.69) is 21.5 Å². The molecule has 164 valence electrons. The minimum Gasteiger partial charge on any atom is -0.494 e. The van der Waals surface area contributed by atoms with Crippen molar-refractivity contribution in [2.45, 2.75) is 0 Å². The molecule has 0 saturated carbocycles. The molecule has 2 heterocycles. The molecule has 0 aliphatic rings. The number of nitriles is 1. The first-order valence-corrected chi connectivity index (χ1v) is 9.62. The highest BCUT2D eigenvalue weighted by Crippen LogP contribution is 2.37. The molecule has 0 fully saturated rings. The predicted molar refractivity (Wildman–Crippen MR) is 115 cm³/mol. The summed E-state index contributed by atoms with van der Waals surface area (Å²) < 4.78 is 31.4.